The molecular formula is C19H30N4O6S. The minimum atomic E-state index is -3.83. The van der Waals surface area contributed by atoms with E-state index in [1.807, 2.05) is 19.0 Å². The monoisotopic (exact) mass is 442 g/mol. The zero-order valence-corrected chi connectivity index (χ0v) is 18.6. The normalized spacial score (nSPS) is 17.2. The molecule has 1 heterocycles. The topological polar surface area (TPSA) is 117 Å². The number of carbonyl (C=O) groups excluding carboxylic acids is 2. The number of amides is 2. The van der Waals surface area contributed by atoms with Gasteiger partial charge >= 0.3 is 11.8 Å². The van der Waals surface area contributed by atoms with Crippen LogP contribution >= 0.6 is 0 Å². The molecule has 0 saturated carbocycles. The van der Waals surface area contributed by atoms with Gasteiger partial charge in [0.15, 0.2) is 0 Å². The zero-order valence-electron chi connectivity index (χ0n) is 17.8. The van der Waals surface area contributed by atoms with Crippen LogP contribution in [0.15, 0.2) is 23.1 Å². The minimum Gasteiger partial charge on any atom is -0.496 e. The molecule has 11 heteroatoms. The molecule has 1 aliphatic rings. The average Bonchev–Trinajstić information content (AvgIpc) is 3.18. The highest BCUT2D eigenvalue weighted by atomic mass is 32.2. The van der Waals surface area contributed by atoms with E-state index >= 15 is 0 Å². The SMILES string of the molecule is COc1ccc(S(=O)(=O)N2CCO[C@H]2CNC(=O)C(=O)NCCCN(C)C)cc1C. The molecule has 10 nitrogen and oxygen atoms in total. The summed E-state index contributed by atoms with van der Waals surface area (Å²) in [6.45, 7) is 3.15. The Kier molecular flexibility index (Phi) is 8.59. The van der Waals surface area contributed by atoms with Gasteiger partial charge in [0.2, 0.25) is 10.0 Å². The van der Waals surface area contributed by atoms with Crippen molar-refractivity contribution in [2.75, 3.05) is 54.0 Å². The maximum atomic E-state index is 13.0. The van der Waals surface area contributed by atoms with Crippen molar-refractivity contribution in [1.82, 2.24) is 19.8 Å². The van der Waals surface area contributed by atoms with Crippen LogP contribution in [0.1, 0.15) is 12.0 Å². The third kappa shape index (κ3) is 6.14. The van der Waals surface area contributed by atoms with E-state index < -0.39 is 28.1 Å². The van der Waals surface area contributed by atoms with E-state index in [2.05, 4.69) is 10.6 Å². The number of nitrogens with one attached hydrogen (secondary N) is 2. The molecule has 2 amide bonds. The smallest absolute Gasteiger partial charge is 0.309 e. The number of hydrogen-bond acceptors (Lipinski definition) is 7. The van der Waals surface area contributed by atoms with Gasteiger partial charge in [-0.25, -0.2) is 8.42 Å². The predicted molar refractivity (Wildman–Crippen MR) is 111 cm³/mol. The predicted octanol–water partition coefficient (Wildman–Crippen LogP) is -0.465. The quantitative estimate of drug-likeness (QED) is 0.392. The van der Waals surface area contributed by atoms with Crippen LogP contribution < -0.4 is 15.4 Å². The molecule has 1 saturated heterocycles. The van der Waals surface area contributed by atoms with Crippen LogP contribution in [0.5, 0.6) is 5.75 Å². The maximum absolute atomic E-state index is 13.0. The molecule has 0 aliphatic carbocycles. The highest BCUT2D eigenvalue weighted by molar-refractivity contribution is 7.89. The molecule has 0 radical (unpaired) electrons. The van der Waals surface area contributed by atoms with Crippen molar-refractivity contribution < 1.29 is 27.5 Å². The molecule has 30 heavy (non-hydrogen) atoms. The van der Waals surface area contributed by atoms with Crippen LogP contribution in [-0.4, -0.2) is 89.7 Å². The van der Waals surface area contributed by atoms with Crippen LogP contribution in [0, 0.1) is 6.92 Å². The molecule has 2 rings (SSSR count). The van der Waals surface area contributed by atoms with Crippen LogP contribution in [0.4, 0.5) is 0 Å². The Morgan fingerprint density at radius 2 is 1.97 bits per heavy atom. The number of benzene rings is 1. The third-order valence-electron chi connectivity index (χ3n) is 4.63. The van der Waals surface area contributed by atoms with Gasteiger partial charge in [0.25, 0.3) is 0 Å². The van der Waals surface area contributed by atoms with Crippen molar-refractivity contribution in [2.45, 2.75) is 24.5 Å². The fourth-order valence-electron chi connectivity index (χ4n) is 3.03. The standard InChI is InChI=1S/C19H30N4O6S/c1-14-12-15(6-7-16(14)28-4)30(26,27)23-10-11-29-17(23)13-21-19(25)18(24)20-8-5-9-22(2)3/h6-7,12,17H,5,8-11,13H2,1-4H3,(H,20,24)(H,21,25)/t17-/m0/s1. The van der Waals surface area contributed by atoms with E-state index in [4.69, 9.17) is 9.47 Å². The van der Waals surface area contributed by atoms with Gasteiger partial charge in [0.05, 0.1) is 25.2 Å². The van der Waals surface area contributed by atoms with Gasteiger partial charge in [-0.05, 0) is 57.7 Å². The van der Waals surface area contributed by atoms with E-state index in [0.717, 1.165) is 6.54 Å². The summed E-state index contributed by atoms with van der Waals surface area (Å²) < 4.78 is 37.9. The largest absolute Gasteiger partial charge is 0.496 e. The molecule has 0 bridgehead atoms. The summed E-state index contributed by atoms with van der Waals surface area (Å²) in [5.41, 5.74) is 0.689. The summed E-state index contributed by atoms with van der Waals surface area (Å²) in [6, 6.07) is 4.59. The first-order valence-electron chi connectivity index (χ1n) is 9.65. The molecule has 2 N–H and O–H groups in total. The molecule has 0 aromatic heterocycles. The molecule has 1 atom stereocenters. The second kappa shape index (κ2) is 10.7. The Labute approximate surface area is 177 Å². The summed E-state index contributed by atoms with van der Waals surface area (Å²) in [5, 5.41) is 4.98. The summed E-state index contributed by atoms with van der Waals surface area (Å²) in [7, 11) is 1.52. The van der Waals surface area contributed by atoms with Crippen molar-refractivity contribution in [3.63, 3.8) is 0 Å². The molecule has 168 valence electrons. The lowest BCUT2D eigenvalue weighted by Crippen LogP contribution is -2.47. The number of hydrogen-bond donors (Lipinski definition) is 2. The summed E-state index contributed by atoms with van der Waals surface area (Å²) in [4.78, 5) is 26.0. The Bertz CT molecular complexity index is 859. The van der Waals surface area contributed by atoms with Gasteiger partial charge in [-0.15, -0.1) is 0 Å². The first kappa shape index (κ1) is 24.1. The fourth-order valence-corrected chi connectivity index (χ4v) is 4.62. The number of sulfonamides is 1. The number of methoxy groups -OCH3 is 1. The van der Waals surface area contributed by atoms with Crippen molar-refractivity contribution in [3.8, 4) is 5.75 Å². The lowest BCUT2D eigenvalue weighted by atomic mass is 10.2. The van der Waals surface area contributed by atoms with Crippen molar-refractivity contribution >= 4 is 21.8 Å². The molecule has 1 aliphatic heterocycles. The van der Waals surface area contributed by atoms with E-state index in [0.29, 0.717) is 24.3 Å². The Balaban J connectivity index is 1.94. The van der Waals surface area contributed by atoms with Crippen molar-refractivity contribution in [3.05, 3.63) is 23.8 Å². The molecule has 1 fully saturated rings. The maximum Gasteiger partial charge on any atom is 0.309 e. The van der Waals surface area contributed by atoms with Gasteiger partial charge in [-0.1, -0.05) is 0 Å². The lowest BCUT2D eigenvalue weighted by molar-refractivity contribution is -0.139. The number of nitrogens with zero attached hydrogens (tertiary/aromatic N) is 2. The fraction of sp³-hybridized carbons (Fsp3) is 0.579. The number of aryl methyl sites for hydroxylation is 1. The van der Waals surface area contributed by atoms with E-state index in [1.165, 1.54) is 23.5 Å². The van der Waals surface area contributed by atoms with Gasteiger partial charge in [0, 0.05) is 13.1 Å². The first-order chi connectivity index (χ1) is 14.2. The first-order valence-corrected chi connectivity index (χ1v) is 11.1. The van der Waals surface area contributed by atoms with Crippen molar-refractivity contribution in [2.24, 2.45) is 0 Å². The van der Waals surface area contributed by atoms with Gasteiger partial charge < -0.3 is 25.0 Å². The van der Waals surface area contributed by atoms with Crippen molar-refractivity contribution in [1.29, 1.82) is 0 Å². The summed E-state index contributed by atoms with van der Waals surface area (Å²) >= 11 is 0. The van der Waals surface area contributed by atoms with Crippen LogP contribution in [0.3, 0.4) is 0 Å². The minimum absolute atomic E-state index is 0.112. The molecular weight excluding hydrogens is 412 g/mol. The average molecular weight is 443 g/mol. The van der Waals surface area contributed by atoms with Gasteiger partial charge in [-0.2, -0.15) is 4.31 Å². The summed E-state index contributed by atoms with van der Waals surface area (Å²) in [6.07, 6.45) is -0.173. The molecule has 0 unspecified atom stereocenters. The molecule has 1 aromatic rings. The van der Waals surface area contributed by atoms with Crippen LogP contribution in [-0.2, 0) is 24.3 Å². The second-order valence-corrected chi connectivity index (χ2v) is 9.09. The van der Waals surface area contributed by atoms with E-state index in [9.17, 15) is 18.0 Å². The highest BCUT2D eigenvalue weighted by Gasteiger charge is 2.36. The summed E-state index contributed by atoms with van der Waals surface area (Å²) in [5.74, 6) is -0.994. The third-order valence-corrected chi connectivity index (χ3v) is 6.51. The van der Waals surface area contributed by atoms with Crippen LogP contribution in [0.2, 0.25) is 0 Å². The Morgan fingerprint density at radius 1 is 1.27 bits per heavy atom. The highest BCUT2D eigenvalue weighted by Crippen LogP contribution is 2.26. The lowest BCUT2D eigenvalue weighted by Gasteiger charge is -2.23. The Hall–Kier alpha value is -2.21. The molecule has 1 aromatic carbocycles. The number of carbonyl (C=O) groups is 2. The Morgan fingerprint density at radius 3 is 2.60 bits per heavy atom. The molecule has 0 spiro atoms. The number of rotatable bonds is 9. The second-order valence-electron chi connectivity index (χ2n) is 7.20. The van der Waals surface area contributed by atoms with Crippen LogP contribution in [0.25, 0.3) is 0 Å². The van der Waals surface area contributed by atoms with E-state index in [1.54, 1.807) is 13.0 Å². The van der Waals surface area contributed by atoms with E-state index in [-0.39, 0.29) is 24.6 Å². The number of ether oxygens (including phenoxy) is 2. The van der Waals surface area contributed by atoms with Gasteiger partial charge in [0.1, 0.15) is 12.0 Å². The van der Waals surface area contributed by atoms with Gasteiger partial charge in [-0.3, -0.25) is 9.59 Å². The zero-order chi connectivity index (χ0) is 22.3.